The number of benzene rings is 2. The van der Waals surface area contributed by atoms with E-state index in [1.807, 2.05) is 6.92 Å². The van der Waals surface area contributed by atoms with Crippen molar-refractivity contribution in [1.82, 2.24) is 10.6 Å². The number of hydrogen-bond acceptors (Lipinski definition) is 6. The van der Waals surface area contributed by atoms with Gasteiger partial charge in [-0.1, -0.05) is 83.8 Å². The van der Waals surface area contributed by atoms with Crippen LogP contribution in [0.1, 0.15) is 52.2 Å². The molecule has 2 unspecified atom stereocenters. The van der Waals surface area contributed by atoms with Gasteiger partial charge in [-0.2, -0.15) is 0 Å². The Kier molecular flexibility index (Phi) is 12.2. The van der Waals surface area contributed by atoms with Crippen LogP contribution in [-0.4, -0.2) is 142 Å². The van der Waals surface area contributed by atoms with Gasteiger partial charge < -0.3 is 30.0 Å². The monoisotopic (exact) mass is 574 g/mol. The van der Waals surface area contributed by atoms with Gasteiger partial charge in [-0.25, -0.2) is 0 Å². The second kappa shape index (κ2) is 13.9. The van der Waals surface area contributed by atoms with Crippen molar-refractivity contribution in [3.8, 4) is 23.0 Å². The van der Waals surface area contributed by atoms with Gasteiger partial charge in [0.05, 0.1) is 85.1 Å². The molecule has 1 aliphatic heterocycles. The Labute approximate surface area is 286 Å². The fraction of sp³-hybridized carbons (Fsp3) is 0.538. The summed E-state index contributed by atoms with van der Waals surface area (Å²) in [5.74, 6) is 0.751. The molecule has 19 heteroatoms. The Morgan fingerprint density at radius 2 is 1.20 bits per heavy atom. The maximum atomic E-state index is 9.82. The molecule has 2 aromatic rings. The molecule has 45 heavy (non-hydrogen) atoms. The standard InChI is InChI=1S/C14H18B5NO2.C12H9B8NO2/c1-4-7-22-11-8-9(5-6-10(11)21)14(18,19)12(2,15)20-13(3,16)17;1-10(16,21-11(2,17)18)12(19,20)4-5(13)7(15)9-8(6(4)14)22-3-23-9/h5-6,8,20-21H,4,7H2,1-3H3;21H,3H2,1-2H3. The maximum absolute atomic E-state index is 9.82. The molecule has 0 saturated carbocycles. The average Bonchev–Trinajstić information content (AvgIpc) is 3.35. The second-order valence-corrected chi connectivity index (χ2v) is 12.2. The Bertz CT molecular complexity index is 1360. The van der Waals surface area contributed by atoms with Crippen molar-refractivity contribution in [1.29, 1.82) is 0 Å². The van der Waals surface area contributed by atoms with Crippen molar-refractivity contribution in [2.24, 2.45) is 0 Å². The van der Waals surface area contributed by atoms with E-state index in [0.717, 1.165) is 6.42 Å². The van der Waals surface area contributed by atoms with Crippen LogP contribution in [0.15, 0.2) is 18.2 Å². The van der Waals surface area contributed by atoms with Gasteiger partial charge in [-0.15, -0.1) is 0 Å². The molecule has 26 radical (unpaired) electrons. The lowest BCUT2D eigenvalue weighted by molar-refractivity contribution is 0.175. The van der Waals surface area contributed by atoms with E-state index in [2.05, 4.69) is 10.6 Å². The van der Waals surface area contributed by atoms with E-state index >= 15 is 0 Å². The van der Waals surface area contributed by atoms with Crippen LogP contribution in [0.2, 0.25) is 0 Å². The summed E-state index contributed by atoms with van der Waals surface area (Å²) in [6.45, 7) is 8.50. The van der Waals surface area contributed by atoms with Crippen LogP contribution in [-0.2, 0) is 10.4 Å². The van der Waals surface area contributed by atoms with Gasteiger partial charge in [-0.05, 0) is 34.9 Å². The van der Waals surface area contributed by atoms with Crippen molar-refractivity contribution < 1.29 is 19.3 Å². The first-order valence-corrected chi connectivity index (χ1v) is 13.9. The highest BCUT2D eigenvalue weighted by Crippen LogP contribution is 2.35. The highest BCUT2D eigenvalue weighted by Gasteiger charge is 2.42. The lowest BCUT2D eigenvalue weighted by atomic mass is 9.35. The summed E-state index contributed by atoms with van der Waals surface area (Å²) in [4.78, 5) is 0. The molecule has 0 amide bonds. The molecule has 2 atom stereocenters. The third kappa shape index (κ3) is 9.06. The van der Waals surface area contributed by atoms with E-state index < -0.39 is 32.0 Å². The number of fused-ring (bicyclic) bond motifs is 1. The molecule has 2 aromatic carbocycles. The molecule has 3 N–H and O–H groups in total. The molecule has 1 aliphatic rings. The van der Waals surface area contributed by atoms with E-state index in [1.54, 1.807) is 26.0 Å². The zero-order chi connectivity index (χ0) is 35.0. The molecule has 1 heterocycles. The number of phenolic OH excluding ortho intramolecular Hbond substituents is 1. The number of phenols is 1. The van der Waals surface area contributed by atoms with Gasteiger partial charge in [0.15, 0.2) is 23.0 Å². The van der Waals surface area contributed by atoms with E-state index in [-0.39, 0.29) is 46.0 Å². The summed E-state index contributed by atoms with van der Waals surface area (Å²) in [7, 11) is 78.4. The van der Waals surface area contributed by atoms with Crippen molar-refractivity contribution in [2.75, 3.05) is 13.4 Å². The minimum absolute atomic E-state index is 0.00201. The maximum Gasteiger partial charge on any atom is 0.231 e. The number of rotatable bonds is 11. The van der Waals surface area contributed by atoms with E-state index in [9.17, 15) is 5.11 Å². The van der Waals surface area contributed by atoms with Crippen molar-refractivity contribution in [2.45, 2.75) is 73.0 Å². The lowest BCUT2D eigenvalue weighted by Gasteiger charge is -2.50. The first-order valence-electron chi connectivity index (χ1n) is 13.9. The van der Waals surface area contributed by atoms with Gasteiger partial charge >= 0.3 is 0 Å². The van der Waals surface area contributed by atoms with Gasteiger partial charge in [0, 0.05) is 0 Å². The summed E-state index contributed by atoms with van der Waals surface area (Å²) >= 11 is 0. The predicted molar refractivity (Wildman–Crippen MR) is 193 cm³/mol. The molecule has 0 aliphatic carbocycles. The number of ether oxygens (including phenoxy) is 3. The van der Waals surface area contributed by atoms with Gasteiger partial charge in [0.25, 0.3) is 0 Å². The highest BCUT2D eigenvalue weighted by atomic mass is 16.7. The summed E-state index contributed by atoms with van der Waals surface area (Å²) in [5, 5.41) is 9.45. The summed E-state index contributed by atoms with van der Waals surface area (Å²) in [6.07, 6.45) is 0.801. The normalized spacial score (nSPS) is 16.1. The fourth-order valence-corrected chi connectivity index (χ4v) is 4.62. The first-order chi connectivity index (χ1) is 20.2. The van der Waals surface area contributed by atoms with Crippen molar-refractivity contribution in [3.63, 3.8) is 0 Å². The molecule has 0 spiro atoms. The second-order valence-electron chi connectivity index (χ2n) is 12.2. The molecule has 0 aromatic heterocycles. The molecule has 6 nitrogen and oxygen atoms in total. The quantitative estimate of drug-likeness (QED) is 0.239. The molecule has 0 saturated heterocycles. The van der Waals surface area contributed by atoms with Crippen LogP contribution in [0.25, 0.3) is 0 Å². The van der Waals surface area contributed by atoms with Gasteiger partial charge in [-0.3, -0.25) is 0 Å². The minimum atomic E-state index is -1.78. The average molecular weight is 572 g/mol. The van der Waals surface area contributed by atoms with Crippen molar-refractivity contribution in [3.05, 3.63) is 29.3 Å². The molecular formula is C26H27B13N2O4. The number of nitrogens with one attached hydrogen (secondary N) is 2. The van der Waals surface area contributed by atoms with E-state index in [4.69, 9.17) is 116 Å². The van der Waals surface area contributed by atoms with Crippen LogP contribution < -0.4 is 41.2 Å². The van der Waals surface area contributed by atoms with Crippen LogP contribution >= 0.6 is 0 Å². The first kappa shape index (κ1) is 39.6. The molecule has 204 valence electrons. The largest absolute Gasteiger partial charge is 0.504 e. The summed E-state index contributed by atoms with van der Waals surface area (Å²) in [5.41, 5.74) is -1.98. The Hall–Kier alpha value is -1.60. The number of aromatic hydroxyl groups is 1. The van der Waals surface area contributed by atoms with Crippen LogP contribution in [0.5, 0.6) is 23.0 Å². The lowest BCUT2D eigenvalue weighted by Crippen LogP contribution is -2.69. The molecular weight excluding hydrogens is 545 g/mol. The van der Waals surface area contributed by atoms with Gasteiger partial charge in [0.1, 0.15) is 23.5 Å². The molecule has 0 bridgehead atoms. The summed E-state index contributed by atoms with van der Waals surface area (Å²) in [6, 6.07) is 4.59. The third-order valence-corrected chi connectivity index (χ3v) is 7.02. The zero-order valence-electron chi connectivity index (χ0n) is 26.5. The zero-order valence-corrected chi connectivity index (χ0v) is 26.5. The third-order valence-electron chi connectivity index (χ3n) is 7.02. The Morgan fingerprint density at radius 1 is 0.733 bits per heavy atom. The van der Waals surface area contributed by atoms with Crippen LogP contribution in [0.3, 0.4) is 0 Å². The smallest absolute Gasteiger partial charge is 0.231 e. The van der Waals surface area contributed by atoms with Crippen molar-refractivity contribution >= 4 is 118 Å². The Balaban J connectivity index is 0.000000314. The van der Waals surface area contributed by atoms with E-state index in [1.165, 1.54) is 19.9 Å². The minimum Gasteiger partial charge on any atom is -0.504 e. The van der Waals surface area contributed by atoms with Gasteiger partial charge in [0.2, 0.25) is 6.79 Å². The topological polar surface area (TPSA) is 72.0 Å². The van der Waals surface area contributed by atoms with Crippen LogP contribution in [0, 0.1) is 0 Å². The predicted octanol–water partition coefficient (Wildman–Crippen LogP) is -4.07. The number of hydrogen-bond donors (Lipinski definition) is 3. The summed E-state index contributed by atoms with van der Waals surface area (Å²) < 4.78 is 16.0. The fourth-order valence-electron chi connectivity index (χ4n) is 4.62. The highest BCUT2D eigenvalue weighted by molar-refractivity contribution is 6.57. The SMILES string of the molecule is [B]C([B])(C)NC([B])(C)C([B])([B])c1ccc(O)c(OCCC)c1.[B]c1c([B])c(C([B])([B])C([B])(C)NC([B])([B])C)c([B])c2c1OCO2. The van der Waals surface area contributed by atoms with E-state index in [0.29, 0.717) is 17.9 Å². The molecule has 3 rings (SSSR count). The van der Waals surface area contributed by atoms with Crippen LogP contribution in [0.4, 0.5) is 0 Å². The molecule has 0 fully saturated rings. The Morgan fingerprint density at radius 3 is 1.67 bits per heavy atom.